The summed E-state index contributed by atoms with van der Waals surface area (Å²) in [6, 6.07) is 0. The Labute approximate surface area is 119 Å². The summed E-state index contributed by atoms with van der Waals surface area (Å²) in [6.45, 7) is -0.405. The van der Waals surface area contributed by atoms with Gasteiger partial charge in [-0.05, 0) is 12.8 Å². The van der Waals surface area contributed by atoms with Gasteiger partial charge in [-0.2, -0.15) is 0 Å². The van der Waals surface area contributed by atoms with Crippen LogP contribution in [-0.4, -0.2) is 39.0 Å². The monoisotopic (exact) mass is 321 g/mol. The molecule has 0 heterocycles. The Morgan fingerprint density at radius 1 is 1.33 bits per heavy atom. The van der Waals surface area contributed by atoms with Crippen molar-refractivity contribution < 1.29 is 19.6 Å². The van der Waals surface area contributed by atoms with Crippen LogP contribution in [0, 0.1) is 10.1 Å². The van der Waals surface area contributed by atoms with Gasteiger partial charge in [-0.3, -0.25) is 14.9 Å². The fourth-order valence-electron chi connectivity index (χ4n) is 1.17. The van der Waals surface area contributed by atoms with Crippen LogP contribution in [0.5, 0.6) is 0 Å². The van der Waals surface area contributed by atoms with Crippen molar-refractivity contribution in [2.45, 2.75) is 35.6 Å². The lowest BCUT2D eigenvalue weighted by Gasteiger charge is -2.21. The van der Waals surface area contributed by atoms with Crippen LogP contribution < -0.4 is 0 Å². The zero-order chi connectivity index (χ0) is 14.2. The molecule has 1 unspecified atom stereocenters. The topological polar surface area (TPSA) is 89.7 Å². The molecular weight excluding hydrogens is 308 g/mol. The van der Waals surface area contributed by atoms with Gasteiger partial charge >= 0.3 is 5.97 Å². The van der Waals surface area contributed by atoms with E-state index in [4.69, 9.17) is 44.6 Å². The van der Waals surface area contributed by atoms with E-state index in [-0.39, 0.29) is 13.0 Å². The zero-order valence-corrected chi connectivity index (χ0v) is 11.7. The van der Waals surface area contributed by atoms with E-state index in [2.05, 4.69) is 0 Å². The van der Waals surface area contributed by atoms with Crippen LogP contribution in [0.4, 0.5) is 0 Å². The molecule has 0 saturated carbocycles. The summed E-state index contributed by atoms with van der Waals surface area (Å²) in [6.07, 6.45) is 0.686. The van der Waals surface area contributed by atoms with Crippen molar-refractivity contribution >= 4 is 40.8 Å². The lowest BCUT2D eigenvalue weighted by molar-refractivity contribution is -0.491. The van der Waals surface area contributed by atoms with Gasteiger partial charge < -0.3 is 9.84 Å². The molecule has 0 spiro atoms. The normalized spacial score (nSPS) is 13.3. The molecule has 0 aromatic heterocycles. The summed E-state index contributed by atoms with van der Waals surface area (Å²) < 4.78 is 3.29. The fraction of sp³-hybridized carbons (Fsp3) is 0.889. The van der Waals surface area contributed by atoms with Crippen LogP contribution >= 0.6 is 34.8 Å². The molecule has 0 fully saturated rings. The third-order valence-electron chi connectivity index (χ3n) is 2.03. The summed E-state index contributed by atoms with van der Waals surface area (Å²) in [7, 11) is 0. The average Bonchev–Trinajstić information content (AvgIpc) is 2.18. The lowest BCUT2D eigenvalue weighted by atomic mass is 10.2. The van der Waals surface area contributed by atoms with Gasteiger partial charge in [0.15, 0.2) is 6.10 Å². The van der Waals surface area contributed by atoms with Gasteiger partial charge in [-0.15, -0.1) is 0 Å². The molecule has 9 heteroatoms. The van der Waals surface area contributed by atoms with Crippen molar-refractivity contribution in [3.8, 4) is 0 Å². The van der Waals surface area contributed by atoms with Crippen LogP contribution in [0.25, 0.3) is 0 Å². The Balaban J connectivity index is 3.84. The Morgan fingerprint density at radius 3 is 2.39 bits per heavy atom. The minimum atomic E-state index is -1.85. The Morgan fingerprint density at radius 2 is 1.94 bits per heavy atom. The second kappa shape index (κ2) is 8.74. The first-order chi connectivity index (χ1) is 8.23. The van der Waals surface area contributed by atoms with E-state index in [0.29, 0.717) is 19.3 Å². The first-order valence-electron chi connectivity index (χ1n) is 5.25. The predicted molar refractivity (Wildman–Crippen MR) is 68.0 cm³/mol. The SMILES string of the molecule is O=C(O)CCCCCOC(C[N+](=O)[O-])C(Cl)(Cl)Cl. The van der Waals surface area contributed by atoms with E-state index in [1.54, 1.807) is 0 Å². The number of carboxylic acid groups (broad SMARTS) is 1. The number of ether oxygens (including phenoxy) is 1. The van der Waals surface area contributed by atoms with Crippen molar-refractivity contribution in [1.29, 1.82) is 0 Å². The van der Waals surface area contributed by atoms with Crippen LogP contribution in [0.3, 0.4) is 0 Å². The zero-order valence-electron chi connectivity index (χ0n) is 9.48. The number of rotatable bonds is 9. The van der Waals surface area contributed by atoms with Gasteiger partial charge in [0.05, 0.1) is 0 Å². The van der Waals surface area contributed by atoms with Gasteiger partial charge in [-0.1, -0.05) is 41.2 Å². The molecule has 6 nitrogen and oxygen atoms in total. The smallest absolute Gasteiger partial charge is 0.303 e. The fourth-order valence-corrected chi connectivity index (χ4v) is 1.56. The largest absolute Gasteiger partial charge is 0.481 e. The van der Waals surface area contributed by atoms with Crippen molar-refractivity contribution in [3.05, 3.63) is 10.1 Å². The van der Waals surface area contributed by atoms with E-state index in [9.17, 15) is 14.9 Å². The van der Waals surface area contributed by atoms with Gasteiger partial charge in [0.1, 0.15) is 0 Å². The van der Waals surface area contributed by atoms with Crippen LogP contribution in [0.1, 0.15) is 25.7 Å². The van der Waals surface area contributed by atoms with Crippen molar-refractivity contribution in [2.24, 2.45) is 0 Å². The highest BCUT2D eigenvalue weighted by molar-refractivity contribution is 6.68. The molecule has 0 bridgehead atoms. The summed E-state index contributed by atoms with van der Waals surface area (Å²) in [5.41, 5.74) is 0. The molecule has 0 amide bonds. The molecule has 0 aliphatic heterocycles. The highest BCUT2D eigenvalue weighted by Crippen LogP contribution is 2.32. The maximum absolute atomic E-state index is 10.4. The van der Waals surface area contributed by atoms with Crippen molar-refractivity contribution in [3.63, 3.8) is 0 Å². The van der Waals surface area contributed by atoms with Gasteiger partial charge in [0.25, 0.3) is 0 Å². The number of nitrogens with zero attached hydrogens (tertiary/aromatic N) is 1. The number of nitro groups is 1. The third kappa shape index (κ3) is 9.70. The number of carboxylic acids is 1. The Kier molecular flexibility index (Phi) is 8.60. The maximum atomic E-state index is 10.4. The van der Waals surface area contributed by atoms with E-state index in [0.717, 1.165) is 0 Å². The van der Waals surface area contributed by atoms with Crippen LogP contribution in [-0.2, 0) is 9.53 Å². The molecule has 106 valence electrons. The molecule has 18 heavy (non-hydrogen) atoms. The summed E-state index contributed by atoms with van der Waals surface area (Å²) in [4.78, 5) is 20.0. The van der Waals surface area contributed by atoms with E-state index >= 15 is 0 Å². The number of unbranched alkanes of at least 4 members (excludes halogenated alkanes) is 2. The molecule has 0 rings (SSSR count). The maximum Gasteiger partial charge on any atom is 0.303 e. The molecule has 0 aliphatic rings. The Hall–Kier alpha value is -0.300. The molecule has 0 saturated heterocycles. The first-order valence-corrected chi connectivity index (χ1v) is 6.38. The van der Waals surface area contributed by atoms with Crippen LogP contribution in [0.15, 0.2) is 0 Å². The number of aliphatic carboxylic acids is 1. The number of carbonyl (C=O) groups is 1. The number of hydrogen-bond acceptors (Lipinski definition) is 4. The van der Waals surface area contributed by atoms with E-state index < -0.39 is 27.3 Å². The minimum absolute atomic E-state index is 0.0861. The van der Waals surface area contributed by atoms with Gasteiger partial charge in [0, 0.05) is 18.0 Å². The highest BCUT2D eigenvalue weighted by Gasteiger charge is 2.37. The molecule has 0 radical (unpaired) electrons. The average molecular weight is 323 g/mol. The lowest BCUT2D eigenvalue weighted by Crippen LogP contribution is -2.35. The Bertz CT molecular complexity index is 282. The molecule has 0 aromatic rings. The molecule has 0 aromatic carbocycles. The summed E-state index contributed by atoms with van der Waals surface area (Å²) in [5, 5.41) is 18.8. The number of halogens is 3. The third-order valence-corrected chi connectivity index (χ3v) is 2.76. The van der Waals surface area contributed by atoms with E-state index in [1.807, 2.05) is 0 Å². The second-order valence-corrected chi connectivity index (χ2v) is 5.99. The second-order valence-electron chi connectivity index (χ2n) is 3.62. The standard InChI is InChI=1S/C9H14Cl3NO5/c10-9(11,12)7(6-13(16)17)18-5-3-1-2-4-8(14)15/h7H,1-6H2,(H,14,15). The molecule has 0 aliphatic carbocycles. The summed E-state index contributed by atoms with van der Waals surface area (Å²) in [5.74, 6) is -0.858. The predicted octanol–water partition coefficient (Wildman–Crippen LogP) is 2.66. The molecule has 1 atom stereocenters. The van der Waals surface area contributed by atoms with Crippen LogP contribution in [0.2, 0.25) is 0 Å². The van der Waals surface area contributed by atoms with Crippen molar-refractivity contribution in [2.75, 3.05) is 13.2 Å². The van der Waals surface area contributed by atoms with Crippen molar-refractivity contribution in [1.82, 2.24) is 0 Å². The molecule has 1 N–H and O–H groups in total. The highest BCUT2D eigenvalue weighted by atomic mass is 35.6. The number of alkyl halides is 3. The minimum Gasteiger partial charge on any atom is -0.481 e. The summed E-state index contributed by atoms with van der Waals surface area (Å²) >= 11 is 16.6. The van der Waals surface area contributed by atoms with E-state index in [1.165, 1.54) is 0 Å². The number of hydrogen-bond donors (Lipinski definition) is 1. The quantitative estimate of drug-likeness (QED) is 0.305. The first kappa shape index (κ1) is 17.7. The van der Waals surface area contributed by atoms with Gasteiger partial charge in [-0.25, -0.2) is 0 Å². The molecular formula is C9H14Cl3NO5. The van der Waals surface area contributed by atoms with Gasteiger partial charge in [0.2, 0.25) is 10.3 Å².